The Morgan fingerprint density at radius 1 is 1.31 bits per heavy atom. The molecule has 0 saturated heterocycles. The molecule has 4 nitrogen and oxygen atoms in total. The molecule has 0 saturated carbocycles. The second-order valence-electron chi connectivity index (χ2n) is 2.77. The minimum atomic E-state index is -0.314. The second kappa shape index (κ2) is 4.35. The van der Waals surface area contributed by atoms with Gasteiger partial charge >= 0.3 is 0 Å². The number of aryl methyl sites for hydroxylation is 1. The van der Waals surface area contributed by atoms with Gasteiger partial charge in [0.1, 0.15) is 0 Å². The number of benzene rings is 1. The zero-order chi connectivity index (χ0) is 9.68. The van der Waals surface area contributed by atoms with Crippen molar-refractivity contribution in [3.8, 4) is 0 Å². The summed E-state index contributed by atoms with van der Waals surface area (Å²) in [6.07, 6.45) is 0.957. The van der Waals surface area contributed by atoms with Gasteiger partial charge in [0.25, 0.3) is 5.69 Å². The molecule has 0 unspecified atom stereocenters. The number of rotatable bonds is 4. The quantitative estimate of drug-likeness (QED) is 0.659. The summed E-state index contributed by atoms with van der Waals surface area (Å²) in [5.41, 5.74) is 6.51. The maximum atomic E-state index is 10.5. The van der Waals surface area contributed by atoms with Crippen molar-refractivity contribution < 1.29 is 9.97 Å². The monoisotopic (exact) mass is 179 g/mol. The van der Waals surface area contributed by atoms with E-state index in [9.17, 15) is 9.70 Å². The molecule has 0 aromatic heterocycles. The molecule has 68 valence electrons. The van der Waals surface area contributed by atoms with Gasteiger partial charge in [-0.15, -0.1) is 0 Å². The van der Waals surface area contributed by atoms with Gasteiger partial charge in [0.15, 0.2) is 0 Å². The van der Waals surface area contributed by atoms with Crippen LogP contribution in [0.3, 0.4) is 0 Å². The lowest BCUT2D eigenvalue weighted by atomic mass is 10.1. The molecule has 1 aromatic carbocycles. The van der Waals surface area contributed by atoms with Gasteiger partial charge in [-0.1, -0.05) is 12.1 Å². The Morgan fingerprint density at radius 3 is 2.38 bits per heavy atom. The van der Waals surface area contributed by atoms with Gasteiger partial charge in [-0.2, -0.15) is 0 Å². The molecular formula is C9H11N2O2+. The maximum Gasteiger partial charge on any atom is 0.253 e. The van der Waals surface area contributed by atoms with Crippen LogP contribution >= 0.6 is 0 Å². The Morgan fingerprint density at radius 2 is 1.92 bits per heavy atom. The minimum absolute atomic E-state index is 0.314. The highest BCUT2D eigenvalue weighted by molar-refractivity contribution is 5.74. The lowest BCUT2D eigenvalue weighted by molar-refractivity contribution is -0.379. The largest absolute Gasteiger partial charge is 0.370 e. The van der Waals surface area contributed by atoms with E-state index in [2.05, 4.69) is 0 Å². The van der Waals surface area contributed by atoms with E-state index in [-0.39, 0.29) is 5.91 Å². The third kappa shape index (κ3) is 3.02. The standard InChI is InChI=1S/C9H10N2O2/c10-9(12)6-3-7-1-4-8(11-13)5-2-7/h1-2,4-5H,3,6H2,(H2,10,12)/p+1. The highest BCUT2D eigenvalue weighted by Crippen LogP contribution is 2.06. The zero-order valence-electron chi connectivity index (χ0n) is 7.12. The van der Waals surface area contributed by atoms with Crippen molar-refractivity contribution >= 4 is 11.6 Å². The Kier molecular flexibility index (Phi) is 3.14. The molecule has 3 N–H and O–H groups in total. The average molecular weight is 179 g/mol. The van der Waals surface area contributed by atoms with Crippen LogP contribution in [-0.4, -0.2) is 5.91 Å². The van der Waals surface area contributed by atoms with Crippen molar-refractivity contribution in [2.75, 3.05) is 0 Å². The number of primary amides is 1. The number of carbonyl (C=O) groups is 1. The molecule has 0 fully saturated rings. The third-order valence-corrected chi connectivity index (χ3v) is 1.73. The van der Waals surface area contributed by atoms with E-state index < -0.39 is 0 Å². The van der Waals surface area contributed by atoms with Crippen LogP contribution in [-0.2, 0) is 11.2 Å². The zero-order valence-corrected chi connectivity index (χ0v) is 7.12. The summed E-state index contributed by atoms with van der Waals surface area (Å²) in [6, 6.07) is 6.93. The van der Waals surface area contributed by atoms with Crippen molar-refractivity contribution in [3.63, 3.8) is 0 Å². The summed E-state index contributed by atoms with van der Waals surface area (Å²) < 4.78 is 0. The first-order valence-electron chi connectivity index (χ1n) is 3.98. The van der Waals surface area contributed by atoms with Crippen LogP contribution in [0, 0.1) is 4.91 Å². The molecule has 0 aliphatic heterocycles. The fourth-order valence-corrected chi connectivity index (χ4v) is 1.01. The van der Waals surface area contributed by atoms with Crippen LogP contribution in [0.1, 0.15) is 12.0 Å². The van der Waals surface area contributed by atoms with Crippen molar-refractivity contribution in [1.29, 1.82) is 0 Å². The van der Waals surface area contributed by atoms with E-state index in [0.717, 1.165) is 5.56 Å². The van der Waals surface area contributed by atoms with Crippen LogP contribution in [0.15, 0.2) is 24.3 Å². The van der Waals surface area contributed by atoms with Crippen LogP contribution in [0.2, 0.25) is 0 Å². The molecule has 1 rings (SSSR count). The Labute approximate surface area is 75.7 Å². The summed E-state index contributed by atoms with van der Waals surface area (Å²) in [6.45, 7) is 0. The molecule has 0 aliphatic carbocycles. The highest BCUT2D eigenvalue weighted by atomic mass is 16.3. The molecule has 0 radical (unpaired) electrons. The Balaban J connectivity index is 2.59. The van der Waals surface area contributed by atoms with Crippen molar-refractivity contribution in [3.05, 3.63) is 34.7 Å². The number of amides is 1. The van der Waals surface area contributed by atoms with Gasteiger partial charge < -0.3 is 5.73 Å². The molecule has 0 heterocycles. The molecule has 0 bridgehead atoms. The molecule has 1 amide bonds. The predicted octanol–water partition coefficient (Wildman–Crippen LogP) is -0.417. The van der Waals surface area contributed by atoms with E-state index in [4.69, 9.17) is 5.73 Å². The SMILES string of the molecule is NC(=O)CCc1ccc([NH+]=O)cc1. The fraction of sp³-hybridized carbons (Fsp3) is 0.222. The predicted molar refractivity (Wildman–Crippen MR) is 47.9 cm³/mol. The van der Waals surface area contributed by atoms with Crippen LogP contribution < -0.4 is 10.9 Å². The summed E-state index contributed by atoms with van der Waals surface area (Å²) in [4.78, 5) is 20.6. The van der Waals surface area contributed by atoms with E-state index in [1.54, 1.807) is 29.4 Å². The van der Waals surface area contributed by atoms with E-state index in [1.807, 2.05) is 0 Å². The highest BCUT2D eigenvalue weighted by Gasteiger charge is 1.99. The lowest BCUT2D eigenvalue weighted by Crippen LogP contribution is -2.55. The van der Waals surface area contributed by atoms with Gasteiger partial charge in [-0.3, -0.25) is 4.79 Å². The van der Waals surface area contributed by atoms with E-state index in [0.29, 0.717) is 18.5 Å². The van der Waals surface area contributed by atoms with E-state index in [1.165, 1.54) is 0 Å². The maximum absolute atomic E-state index is 10.5. The first-order chi connectivity index (χ1) is 6.22. The van der Waals surface area contributed by atoms with Gasteiger partial charge in [0.05, 0.1) is 0 Å². The van der Waals surface area contributed by atoms with Crippen LogP contribution in [0.4, 0.5) is 5.69 Å². The molecule has 0 atom stereocenters. The Hall–Kier alpha value is -1.71. The number of hydrogen-bond acceptors (Lipinski definition) is 2. The number of carbonyl (C=O) groups excluding carboxylic acids is 1. The van der Waals surface area contributed by atoms with Gasteiger partial charge in [0.2, 0.25) is 5.91 Å². The lowest BCUT2D eigenvalue weighted by Gasteiger charge is -1.96. The van der Waals surface area contributed by atoms with Crippen molar-refractivity contribution in [2.24, 2.45) is 5.73 Å². The van der Waals surface area contributed by atoms with Crippen LogP contribution in [0.5, 0.6) is 0 Å². The van der Waals surface area contributed by atoms with Crippen molar-refractivity contribution in [1.82, 2.24) is 0 Å². The summed E-state index contributed by atoms with van der Waals surface area (Å²) in [5.74, 6) is -0.314. The number of nitrogens with two attached hydrogens (primary N) is 1. The average Bonchev–Trinajstić information content (AvgIpc) is 2.15. The normalized spacial score (nSPS) is 9.54. The molecule has 13 heavy (non-hydrogen) atoms. The third-order valence-electron chi connectivity index (χ3n) is 1.73. The van der Waals surface area contributed by atoms with Gasteiger partial charge in [-0.25, -0.2) is 0 Å². The van der Waals surface area contributed by atoms with Gasteiger partial charge in [0, 0.05) is 28.6 Å². The summed E-state index contributed by atoms with van der Waals surface area (Å²) in [5, 5.41) is 1.78. The summed E-state index contributed by atoms with van der Waals surface area (Å²) >= 11 is 0. The fourth-order valence-electron chi connectivity index (χ4n) is 1.01. The molecule has 0 spiro atoms. The minimum Gasteiger partial charge on any atom is -0.370 e. The second-order valence-corrected chi connectivity index (χ2v) is 2.77. The van der Waals surface area contributed by atoms with Crippen LogP contribution in [0.25, 0.3) is 0 Å². The molecule has 0 aliphatic rings. The molecular weight excluding hydrogens is 168 g/mol. The van der Waals surface area contributed by atoms with Gasteiger partial charge in [-0.05, 0) is 12.0 Å². The van der Waals surface area contributed by atoms with E-state index >= 15 is 0 Å². The topological polar surface area (TPSA) is 74.1 Å². The first kappa shape index (κ1) is 9.38. The first-order valence-corrected chi connectivity index (χ1v) is 3.98. The number of nitroso groups, excluding NO2 is 1. The molecule has 1 aromatic rings. The Bertz CT molecular complexity index is 306. The van der Waals surface area contributed by atoms with Crippen molar-refractivity contribution in [2.45, 2.75) is 12.8 Å². The molecule has 4 heteroatoms. The smallest absolute Gasteiger partial charge is 0.253 e. The number of hydrogen-bond donors (Lipinski definition) is 2. The number of nitrogens with one attached hydrogen (secondary N) is 1. The summed E-state index contributed by atoms with van der Waals surface area (Å²) in [7, 11) is 0.